The van der Waals surface area contributed by atoms with Crippen molar-refractivity contribution in [1.82, 2.24) is 4.90 Å². The lowest BCUT2D eigenvalue weighted by Gasteiger charge is -2.26. The smallest absolute Gasteiger partial charge is 0.150 e. The summed E-state index contributed by atoms with van der Waals surface area (Å²) in [4.78, 5) is 13.5. The summed E-state index contributed by atoms with van der Waals surface area (Å²) in [6, 6.07) is 8.76. The topological polar surface area (TPSA) is 20.3 Å². The van der Waals surface area contributed by atoms with Gasteiger partial charge in [0.1, 0.15) is 6.29 Å². The molecule has 1 saturated heterocycles. The van der Waals surface area contributed by atoms with Crippen LogP contribution in [0.2, 0.25) is 0 Å². The number of carbonyl (C=O) groups is 1. The molecule has 0 aromatic heterocycles. The first-order valence-corrected chi connectivity index (χ1v) is 6.15. The fraction of sp³-hybridized carbons (Fsp3) is 0.500. The summed E-state index contributed by atoms with van der Waals surface area (Å²) in [5.41, 5.74) is 2.04. The van der Waals surface area contributed by atoms with E-state index >= 15 is 0 Å². The molecule has 0 amide bonds. The van der Waals surface area contributed by atoms with Gasteiger partial charge < -0.3 is 0 Å². The summed E-state index contributed by atoms with van der Waals surface area (Å²) >= 11 is 0. The quantitative estimate of drug-likeness (QED) is 0.722. The van der Waals surface area contributed by atoms with Crippen LogP contribution in [0.3, 0.4) is 0 Å². The normalized spacial score (nSPS) is 28.5. The zero-order valence-corrected chi connectivity index (χ0v) is 9.43. The highest BCUT2D eigenvalue weighted by molar-refractivity contribution is 5.77. The molecule has 0 radical (unpaired) electrons. The number of aldehydes is 1. The van der Waals surface area contributed by atoms with E-state index in [0.717, 1.165) is 30.4 Å². The van der Waals surface area contributed by atoms with Gasteiger partial charge >= 0.3 is 0 Å². The van der Waals surface area contributed by atoms with Gasteiger partial charge in [-0.15, -0.1) is 0 Å². The zero-order valence-electron chi connectivity index (χ0n) is 9.43. The average Bonchev–Trinajstić information content (AvgIpc) is 3.10. The Morgan fingerprint density at radius 2 is 2.25 bits per heavy atom. The minimum atomic E-state index is 0.813. The first-order chi connectivity index (χ1) is 7.88. The Morgan fingerprint density at radius 3 is 3.12 bits per heavy atom. The summed E-state index contributed by atoms with van der Waals surface area (Å²) in [6.07, 6.45) is 5.09. The summed E-state index contributed by atoms with van der Waals surface area (Å²) in [7, 11) is 0. The number of fused-ring (bicyclic) bond motifs is 1. The minimum absolute atomic E-state index is 0.813. The molecule has 1 aromatic carbocycles. The second kappa shape index (κ2) is 4.02. The number of rotatable bonds is 3. The Kier molecular flexibility index (Phi) is 2.52. The van der Waals surface area contributed by atoms with Gasteiger partial charge in [0.25, 0.3) is 0 Å². The third-order valence-electron chi connectivity index (χ3n) is 3.93. The SMILES string of the molecule is O=Cc1ccccc1CN1CCCC2CC21. The molecular weight excluding hydrogens is 198 g/mol. The van der Waals surface area contributed by atoms with Crippen LogP contribution < -0.4 is 0 Å². The van der Waals surface area contributed by atoms with Crippen molar-refractivity contribution >= 4 is 6.29 Å². The largest absolute Gasteiger partial charge is 0.298 e. The fourth-order valence-electron chi connectivity index (χ4n) is 2.92. The van der Waals surface area contributed by atoms with Crippen molar-refractivity contribution in [3.05, 3.63) is 35.4 Å². The van der Waals surface area contributed by atoms with Gasteiger partial charge in [0.15, 0.2) is 0 Å². The van der Waals surface area contributed by atoms with Crippen LogP contribution >= 0.6 is 0 Å². The Balaban J connectivity index is 1.75. The molecule has 0 N–H and O–H groups in total. The lowest BCUT2D eigenvalue weighted by atomic mass is 10.1. The average molecular weight is 215 g/mol. The Hall–Kier alpha value is -1.15. The Bertz CT molecular complexity index is 401. The fourth-order valence-corrected chi connectivity index (χ4v) is 2.92. The predicted octanol–water partition coefficient (Wildman–Crippen LogP) is 2.48. The van der Waals surface area contributed by atoms with Crippen LogP contribution in [-0.4, -0.2) is 23.8 Å². The lowest BCUT2D eigenvalue weighted by Crippen LogP contribution is -2.31. The number of carbonyl (C=O) groups excluding carboxylic acids is 1. The van der Waals surface area contributed by atoms with E-state index in [9.17, 15) is 4.79 Å². The van der Waals surface area contributed by atoms with Gasteiger partial charge in [0.2, 0.25) is 0 Å². The molecule has 84 valence electrons. The van der Waals surface area contributed by atoms with Crippen molar-refractivity contribution in [3.63, 3.8) is 0 Å². The summed E-state index contributed by atoms with van der Waals surface area (Å²) in [6.45, 7) is 2.16. The van der Waals surface area contributed by atoms with Crippen LogP contribution in [0.5, 0.6) is 0 Å². The first-order valence-electron chi connectivity index (χ1n) is 6.15. The van der Waals surface area contributed by atoms with Gasteiger partial charge in [-0.05, 0) is 37.3 Å². The van der Waals surface area contributed by atoms with Crippen LogP contribution in [-0.2, 0) is 6.54 Å². The molecule has 1 heterocycles. The number of hydrogen-bond donors (Lipinski definition) is 0. The molecule has 3 rings (SSSR count). The van der Waals surface area contributed by atoms with E-state index < -0.39 is 0 Å². The lowest BCUT2D eigenvalue weighted by molar-refractivity contribution is 0.112. The third kappa shape index (κ3) is 1.78. The van der Waals surface area contributed by atoms with Crippen molar-refractivity contribution in [3.8, 4) is 0 Å². The predicted molar refractivity (Wildman–Crippen MR) is 63.4 cm³/mol. The number of benzene rings is 1. The van der Waals surface area contributed by atoms with E-state index in [4.69, 9.17) is 0 Å². The van der Waals surface area contributed by atoms with Crippen LogP contribution in [0.15, 0.2) is 24.3 Å². The standard InChI is InChI=1S/C14H17NO/c16-10-13-5-2-1-4-12(13)9-15-7-3-6-11-8-14(11)15/h1-2,4-5,10-11,14H,3,6-9H2. The second-order valence-electron chi connectivity index (χ2n) is 4.99. The minimum Gasteiger partial charge on any atom is -0.298 e. The molecule has 1 saturated carbocycles. The maximum atomic E-state index is 10.9. The van der Waals surface area contributed by atoms with Gasteiger partial charge in [-0.2, -0.15) is 0 Å². The van der Waals surface area contributed by atoms with Crippen LogP contribution in [0, 0.1) is 5.92 Å². The molecule has 2 fully saturated rings. The molecule has 0 bridgehead atoms. The van der Waals surface area contributed by atoms with Gasteiger partial charge in [-0.1, -0.05) is 24.3 Å². The van der Waals surface area contributed by atoms with Crippen molar-refractivity contribution in [2.45, 2.75) is 31.8 Å². The van der Waals surface area contributed by atoms with Crippen molar-refractivity contribution < 1.29 is 4.79 Å². The van der Waals surface area contributed by atoms with Crippen molar-refractivity contribution in [2.24, 2.45) is 5.92 Å². The molecule has 2 unspecified atom stereocenters. The Morgan fingerprint density at radius 1 is 1.38 bits per heavy atom. The Labute approximate surface area is 96.3 Å². The van der Waals surface area contributed by atoms with Crippen LogP contribution in [0.4, 0.5) is 0 Å². The van der Waals surface area contributed by atoms with E-state index in [1.54, 1.807) is 0 Å². The van der Waals surface area contributed by atoms with Gasteiger partial charge in [-0.3, -0.25) is 9.69 Å². The van der Waals surface area contributed by atoms with Gasteiger partial charge in [0.05, 0.1) is 0 Å². The highest BCUT2D eigenvalue weighted by atomic mass is 16.1. The highest BCUT2D eigenvalue weighted by Crippen LogP contribution is 2.43. The van der Waals surface area contributed by atoms with Crippen LogP contribution in [0.1, 0.15) is 35.2 Å². The summed E-state index contributed by atoms with van der Waals surface area (Å²) < 4.78 is 0. The molecule has 0 spiro atoms. The molecule has 1 aromatic rings. The number of hydrogen-bond acceptors (Lipinski definition) is 2. The third-order valence-corrected chi connectivity index (χ3v) is 3.93. The van der Waals surface area contributed by atoms with Gasteiger partial charge in [0, 0.05) is 18.2 Å². The summed E-state index contributed by atoms with van der Waals surface area (Å²) in [5.74, 6) is 0.956. The number of likely N-dealkylation sites (tertiary alicyclic amines) is 1. The molecule has 2 nitrogen and oxygen atoms in total. The van der Waals surface area contributed by atoms with Crippen molar-refractivity contribution in [1.29, 1.82) is 0 Å². The maximum absolute atomic E-state index is 10.9. The zero-order chi connectivity index (χ0) is 11.0. The molecule has 2 heteroatoms. The van der Waals surface area contributed by atoms with Gasteiger partial charge in [-0.25, -0.2) is 0 Å². The molecular formula is C14H17NO. The van der Waals surface area contributed by atoms with E-state index in [1.165, 1.54) is 31.4 Å². The molecule has 1 aliphatic heterocycles. The monoisotopic (exact) mass is 215 g/mol. The van der Waals surface area contributed by atoms with Crippen LogP contribution in [0.25, 0.3) is 0 Å². The van der Waals surface area contributed by atoms with E-state index in [-0.39, 0.29) is 0 Å². The highest BCUT2D eigenvalue weighted by Gasteiger charge is 2.43. The van der Waals surface area contributed by atoms with E-state index in [0.29, 0.717) is 0 Å². The molecule has 1 aliphatic carbocycles. The van der Waals surface area contributed by atoms with E-state index in [1.807, 2.05) is 18.2 Å². The molecule has 2 atom stereocenters. The number of piperidine rings is 1. The molecule has 16 heavy (non-hydrogen) atoms. The second-order valence-corrected chi connectivity index (χ2v) is 4.99. The van der Waals surface area contributed by atoms with E-state index in [2.05, 4.69) is 11.0 Å². The van der Waals surface area contributed by atoms with Crippen molar-refractivity contribution in [2.75, 3.05) is 6.54 Å². The number of nitrogens with zero attached hydrogens (tertiary/aromatic N) is 1. The first kappa shape index (κ1) is 10.0. The molecule has 2 aliphatic rings. The maximum Gasteiger partial charge on any atom is 0.150 e. The summed E-state index contributed by atoms with van der Waals surface area (Å²) in [5, 5.41) is 0.